The predicted molar refractivity (Wildman–Crippen MR) is 292 cm³/mol. The van der Waals surface area contributed by atoms with E-state index in [1.807, 2.05) is 0 Å². The molecule has 0 aliphatic heterocycles. The summed E-state index contributed by atoms with van der Waals surface area (Å²) in [5.74, 6) is 2.32. The average molecular weight is 995 g/mol. The Hall–Kier alpha value is -2.24. The second-order valence-corrected chi connectivity index (χ2v) is 22.4. The number of hydrogen-bond acceptors (Lipinski definition) is 11. The van der Waals surface area contributed by atoms with E-state index in [1.54, 1.807) is 0 Å². The molecule has 0 N–H and O–H groups in total. The fourth-order valence-electron chi connectivity index (χ4n) is 8.68. The molecule has 0 atom stereocenters. The molecule has 11 nitrogen and oxygen atoms in total. The average Bonchev–Trinajstić information content (AvgIpc) is 3.30. The molecule has 0 spiro atoms. The minimum absolute atomic E-state index is 0.171. The summed E-state index contributed by atoms with van der Waals surface area (Å²) in [6.45, 7) is 25.5. The fourth-order valence-corrected chi connectivity index (χ4v) is 8.68. The molecule has 70 heavy (non-hydrogen) atoms. The molecule has 0 saturated carbocycles. The summed E-state index contributed by atoms with van der Waals surface area (Å²) in [5.41, 5.74) is 0. The van der Waals surface area contributed by atoms with Gasteiger partial charge in [-0.1, -0.05) is 184 Å². The zero-order valence-electron chi connectivity index (χ0n) is 47.6. The number of esters is 4. The van der Waals surface area contributed by atoms with Crippen molar-refractivity contribution in [3.8, 4) is 0 Å². The van der Waals surface area contributed by atoms with Crippen molar-refractivity contribution in [2.24, 2.45) is 23.7 Å². The van der Waals surface area contributed by atoms with Gasteiger partial charge in [-0.15, -0.1) is 0 Å². The minimum atomic E-state index is -0.171. The molecule has 0 unspecified atom stereocenters. The van der Waals surface area contributed by atoms with Crippen LogP contribution in [0.15, 0.2) is 0 Å². The summed E-state index contributed by atoms with van der Waals surface area (Å²) < 4.78 is 22.4. The lowest BCUT2D eigenvalue weighted by Crippen LogP contribution is -2.34. The van der Waals surface area contributed by atoms with E-state index >= 15 is 0 Å². The van der Waals surface area contributed by atoms with Crippen molar-refractivity contribution in [1.29, 1.82) is 0 Å². The highest BCUT2D eigenvalue weighted by molar-refractivity contribution is 5.71. The van der Waals surface area contributed by atoms with Gasteiger partial charge in [0.25, 0.3) is 0 Å². The molecule has 0 amide bonds. The Kier molecular flexibility index (Phi) is 47.4. The van der Waals surface area contributed by atoms with Crippen LogP contribution >= 0.6 is 0 Å². The van der Waals surface area contributed by atoms with E-state index in [2.05, 4.69) is 77.1 Å². The topological polar surface area (TPSA) is 115 Å². The molecular formula is C59H115N3O8. The van der Waals surface area contributed by atoms with Gasteiger partial charge in [0.1, 0.15) is 0 Å². The summed E-state index contributed by atoms with van der Waals surface area (Å²) in [7, 11) is 2.13. The Balaban J connectivity index is 5.04. The Morgan fingerprint density at radius 3 is 0.729 bits per heavy atom. The SMILES string of the molecule is CC(C)CCCCCCCOC(=O)CCN(CCCN(C)CCCN(CCC(=O)OCCCCCCCC(C)C)CCC(=O)OCCCCCCCC(C)C)CCC(=O)OCCCCCCCC(C)C. The second kappa shape index (κ2) is 49.0. The van der Waals surface area contributed by atoms with E-state index < -0.39 is 0 Å². The monoisotopic (exact) mass is 994 g/mol. The first kappa shape index (κ1) is 67.8. The highest BCUT2D eigenvalue weighted by Gasteiger charge is 2.16. The normalized spacial score (nSPS) is 11.9. The van der Waals surface area contributed by atoms with Gasteiger partial charge in [0.05, 0.1) is 52.1 Å². The zero-order valence-corrected chi connectivity index (χ0v) is 47.6. The van der Waals surface area contributed by atoms with Crippen LogP contribution in [0, 0.1) is 23.7 Å². The fraction of sp³-hybridized carbons (Fsp3) is 0.932. The van der Waals surface area contributed by atoms with E-state index in [0.717, 1.165) is 114 Å². The van der Waals surface area contributed by atoms with Crippen molar-refractivity contribution in [3.05, 3.63) is 0 Å². The van der Waals surface area contributed by atoms with Crippen LogP contribution < -0.4 is 0 Å². The second-order valence-electron chi connectivity index (χ2n) is 22.4. The van der Waals surface area contributed by atoms with Crippen molar-refractivity contribution in [2.45, 2.75) is 248 Å². The third-order valence-electron chi connectivity index (χ3n) is 13.3. The maximum Gasteiger partial charge on any atom is 0.307 e. The maximum atomic E-state index is 12.7. The largest absolute Gasteiger partial charge is 0.466 e. The molecule has 0 aromatic rings. The third-order valence-corrected chi connectivity index (χ3v) is 13.3. The molecule has 0 heterocycles. The van der Waals surface area contributed by atoms with E-state index in [1.165, 1.54) is 103 Å². The van der Waals surface area contributed by atoms with Crippen LogP contribution in [0.25, 0.3) is 0 Å². The van der Waals surface area contributed by atoms with E-state index in [0.29, 0.717) is 78.3 Å². The van der Waals surface area contributed by atoms with E-state index in [9.17, 15) is 19.2 Å². The van der Waals surface area contributed by atoms with Gasteiger partial charge >= 0.3 is 23.9 Å². The third kappa shape index (κ3) is 50.7. The molecular weight excluding hydrogens is 879 g/mol. The Morgan fingerprint density at radius 2 is 0.500 bits per heavy atom. The molecule has 0 fully saturated rings. The Labute approximate surface area is 432 Å². The molecule has 0 aromatic heterocycles. The van der Waals surface area contributed by atoms with Crippen LogP contribution in [0.5, 0.6) is 0 Å². The molecule has 0 rings (SSSR count). The lowest BCUT2D eigenvalue weighted by molar-refractivity contribution is -0.146. The highest BCUT2D eigenvalue weighted by atomic mass is 16.5. The first-order valence-corrected chi connectivity index (χ1v) is 29.4. The smallest absolute Gasteiger partial charge is 0.307 e. The van der Waals surface area contributed by atoms with Crippen LogP contribution in [0.4, 0.5) is 0 Å². The van der Waals surface area contributed by atoms with Gasteiger partial charge in [0.2, 0.25) is 0 Å². The lowest BCUT2D eigenvalue weighted by Gasteiger charge is -2.25. The van der Waals surface area contributed by atoms with Gasteiger partial charge in [-0.05, 0) is 95.4 Å². The molecule has 0 bridgehead atoms. The summed E-state index contributed by atoms with van der Waals surface area (Å²) in [6, 6.07) is 0. The molecule has 414 valence electrons. The first-order valence-electron chi connectivity index (χ1n) is 29.4. The minimum Gasteiger partial charge on any atom is -0.466 e. The van der Waals surface area contributed by atoms with Gasteiger partial charge in [-0.3, -0.25) is 19.2 Å². The highest BCUT2D eigenvalue weighted by Crippen LogP contribution is 2.14. The standard InChI is InChI=1S/C59H115N3O8/c1-52(2)32-22-14-10-18-26-48-67-56(63)36-44-61(45-37-57(64)68-49-27-19-11-15-23-33-53(3)4)42-30-40-60(9)41-31-43-62(46-38-58(65)69-50-28-20-12-16-24-34-54(5)6)47-39-59(66)70-51-29-21-13-17-25-35-55(7)8/h52-55H,10-51H2,1-9H3. The number of rotatable bonds is 52. The van der Waals surface area contributed by atoms with Crippen molar-refractivity contribution in [2.75, 3.05) is 85.8 Å². The van der Waals surface area contributed by atoms with Gasteiger partial charge in [0, 0.05) is 26.2 Å². The van der Waals surface area contributed by atoms with Crippen molar-refractivity contribution >= 4 is 23.9 Å². The first-order chi connectivity index (χ1) is 33.7. The number of ether oxygens (including phenoxy) is 4. The molecule has 0 aromatic carbocycles. The van der Waals surface area contributed by atoms with Crippen LogP contribution in [-0.2, 0) is 38.1 Å². The molecule has 11 heteroatoms. The van der Waals surface area contributed by atoms with Crippen LogP contribution in [0.2, 0.25) is 0 Å². The van der Waals surface area contributed by atoms with Gasteiger partial charge < -0.3 is 33.6 Å². The van der Waals surface area contributed by atoms with Crippen LogP contribution in [0.3, 0.4) is 0 Å². The molecule has 0 saturated heterocycles. The summed E-state index contributed by atoms with van der Waals surface area (Å²) in [6.07, 6.45) is 30.9. The Bertz CT molecular complexity index is 1040. The quantitative estimate of drug-likeness (QED) is 0.0330. The number of hydrogen-bond donors (Lipinski definition) is 0. The van der Waals surface area contributed by atoms with Crippen molar-refractivity contribution in [1.82, 2.24) is 14.7 Å². The Morgan fingerprint density at radius 1 is 0.286 bits per heavy atom. The zero-order chi connectivity index (χ0) is 51.9. The van der Waals surface area contributed by atoms with Crippen molar-refractivity contribution in [3.63, 3.8) is 0 Å². The number of carbonyl (C=O) groups is 4. The summed E-state index contributed by atoms with van der Waals surface area (Å²) in [4.78, 5) is 57.7. The molecule has 0 radical (unpaired) electrons. The van der Waals surface area contributed by atoms with Crippen LogP contribution in [-0.4, -0.2) is 124 Å². The summed E-state index contributed by atoms with van der Waals surface area (Å²) >= 11 is 0. The van der Waals surface area contributed by atoms with Crippen molar-refractivity contribution < 1.29 is 38.1 Å². The number of carbonyl (C=O) groups excluding carboxylic acids is 4. The maximum absolute atomic E-state index is 12.7. The molecule has 0 aliphatic rings. The van der Waals surface area contributed by atoms with Gasteiger partial charge in [-0.25, -0.2) is 0 Å². The van der Waals surface area contributed by atoms with Gasteiger partial charge in [0.15, 0.2) is 0 Å². The number of unbranched alkanes of at least 4 members (excludes halogenated alkanes) is 16. The van der Waals surface area contributed by atoms with E-state index in [-0.39, 0.29) is 23.9 Å². The lowest BCUT2D eigenvalue weighted by atomic mass is 10.0. The predicted octanol–water partition coefficient (Wildman–Crippen LogP) is 14.0. The van der Waals surface area contributed by atoms with Gasteiger partial charge in [-0.2, -0.15) is 0 Å². The number of nitrogens with zero attached hydrogens (tertiary/aromatic N) is 3. The molecule has 0 aliphatic carbocycles. The van der Waals surface area contributed by atoms with Crippen LogP contribution in [0.1, 0.15) is 248 Å². The summed E-state index contributed by atoms with van der Waals surface area (Å²) in [5, 5.41) is 0. The van der Waals surface area contributed by atoms with E-state index in [4.69, 9.17) is 18.9 Å².